The zero-order chi connectivity index (χ0) is 17.6. The molecular weight excluding hydrogens is 483 g/mol. The Hall–Kier alpha value is -1.84. The molecule has 0 bridgehead atoms. The summed E-state index contributed by atoms with van der Waals surface area (Å²) in [6, 6.07) is 15.4. The number of nitrogens with zero attached hydrogens (tertiary/aromatic N) is 2. The zero-order valence-electron chi connectivity index (χ0n) is 14.0. The van der Waals surface area contributed by atoms with E-state index in [1.54, 1.807) is 30.6 Å². The second-order valence-electron chi connectivity index (χ2n) is 5.17. The van der Waals surface area contributed by atoms with E-state index in [1.165, 1.54) is 0 Å². The van der Waals surface area contributed by atoms with E-state index in [-0.39, 0.29) is 24.0 Å². The highest BCUT2D eigenvalue weighted by Gasteiger charge is 2.05. The molecule has 2 aromatic carbocycles. The average molecular weight is 501 g/mol. The molecule has 136 valence electrons. The van der Waals surface area contributed by atoms with Crippen LogP contribution in [0.1, 0.15) is 5.01 Å². The van der Waals surface area contributed by atoms with Crippen LogP contribution in [0.25, 0.3) is 11.3 Å². The first kappa shape index (κ1) is 20.5. The first-order valence-corrected chi connectivity index (χ1v) is 8.82. The van der Waals surface area contributed by atoms with E-state index < -0.39 is 0 Å². The fourth-order valence-corrected chi connectivity index (χ4v) is 3.19. The summed E-state index contributed by atoms with van der Waals surface area (Å²) in [5, 5.41) is 6.43. The molecule has 3 rings (SSSR count). The molecule has 0 aliphatic rings. The van der Waals surface area contributed by atoms with Gasteiger partial charge in [-0.25, -0.2) is 9.98 Å². The lowest BCUT2D eigenvalue weighted by Gasteiger charge is -2.08. The summed E-state index contributed by atoms with van der Waals surface area (Å²) < 4.78 is 5.12. The lowest BCUT2D eigenvalue weighted by atomic mass is 10.2. The Labute approximate surface area is 178 Å². The monoisotopic (exact) mass is 500 g/mol. The largest absolute Gasteiger partial charge is 0.495 e. The Bertz CT molecular complexity index is 886. The van der Waals surface area contributed by atoms with E-state index >= 15 is 0 Å². The van der Waals surface area contributed by atoms with E-state index in [2.05, 4.69) is 15.3 Å². The van der Waals surface area contributed by atoms with Crippen molar-refractivity contribution < 1.29 is 4.74 Å². The number of methoxy groups -OCH3 is 1. The molecular formula is C18H18ClIN4OS. The molecule has 5 nitrogen and oxygen atoms in total. The molecule has 26 heavy (non-hydrogen) atoms. The number of anilines is 1. The number of thiazole rings is 1. The fourth-order valence-electron chi connectivity index (χ4n) is 2.21. The van der Waals surface area contributed by atoms with Crippen LogP contribution in [-0.2, 0) is 6.54 Å². The number of hydrogen-bond acceptors (Lipinski definition) is 4. The number of ether oxygens (including phenoxy) is 1. The maximum absolute atomic E-state index is 6.09. The third kappa shape index (κ3) is 5.33. The number of benzene rings is 2. The van der Waals surface area contributed by atoms with Gasteiger partial charge in [-0.15, -0.1) is 35.3 Å². The number of rotatable bonds is 5. The summed E-state index contributed by atoms with van der Waals surface area (Å²) in [4.78, 5) is 8.91. The van der Waals surface area contributed by atoms with Gasteiger partial charge in [-0.2, -0.15) is 0 Å². The highest BCUT2D eigenvalue weighted by atomic mass is 127. The van der Waals surface area contributed by atoms with Gasteiger partial charge in [-0.1, -0.05) is 41.9 Å². The third-order valence-corrected chi connectivity index (χ3v) is 4.56. The standard InChI is InChI=1S/C18H17ClN4OS.HI/c1-24-16-8-7-13(9-14(16)19)22-18(20)21-10-17-23-15(11-25-17)12-5-3-2-4-6-12;/h2-9,11H,10H2,1H3,(H3,20,21,22);1H. The lowest BCUT2D eigenvalue weighted by Crippen LogP contribution is -2.22. The second kappa shape index (κ2) is 9.75. The predicted molar refractivity (Wildman–Crippen MR) is 120 cm³/mol. The number of hydrogen-bond donors (Lipinski definition) is 2. The highest BCUT2D eigenvalue weighted by Crippen LogP contribution is 2.27. The Balaban J connectivity index is 0.00000243. The van der Waals surface area contributed by atoms with E-state index in [1.807, 2.05) is 41.8 Å². The molecule has 0 aliphatic heterocycles. The third-order valence-electron chi connectivity index (χ3n) is 3.43. The number of aliphatic imine (C=N–C) groups is 1. The number of halogens is 2. The molecule has 0 aliphatic carbocycles. The van der Waals surface area contributed by atoms with Gasteiger partial charge in [0, 0.05) is 16.6 Å². The topological polar surface area (TPSA) is 72.5 Å². The minimum atomic E-state index is 0. The van der Waals surface area contributed by atoms with Gasteiger partial charge in [0.1, 0.15) is 10.8 Å². The number of aromatic nitrogens is 1. The van der Waals surface area contributed by atoms with Crippen LogP contribution in [0.4, 0.5) is 5.69 Å². The average Bonchev–Trinajstić information content (AvgIpc) is 3.10. The van der Waals surface area contributed by atoms with Crippen LogP contribution < -0.4 is 15.8 Å². The highest BCUT2D eigenvalue weighted by molar-refractivity contribution is 14.0. The summed E-state index contributed by atoms with van der Waals surface area (Å²) >= 11 is 7.65. The summed E-state index contributed by atoms with van der Waals surface area (Å²) in [5.41, 5.74) is 8.72. The van der Waals surface area contributed by atoms with E-state index in [0.717, 1.165) is 22.0 Å². The molecule has 0 atom stereocenters. The summed E-state index contributed by atoms with van der Waals surface area (Å²) in [7, 11) is 1.57. The molecule has 0 spiro atoms. The van der Waals surface area contributed by atoms with Crippen molar-refractivity contribution >= 4 is 58.6 Å². The summed E-state index contributed by atoms with van der Waals surface area (Å²) in [6.45, 7) is 0.417. The maximum atomic E-state index is 6.09. The molecule has 3 N–H and O–H groups in total. The normalized spacial score (nSPS) is 10.9. The molecule has 0 unspecified atom stereocenters. The zero-order valence-corrected chi connectivity index (χ0v) is 17.9. The van der Waals surface area contributed by atoms with Crippen molar-refractivity contribution in [3.05, 3.63) is 63.9 Å². The van der Waals surface area contributed by atoms with Crippen LogP contribution >= 0.6 is 46.9 Å². The van der Waals surface area contributed by atoms with Gasteiger partial charge in [0.2, 0.25) is 0 Å². The van der Waals surface area contributed by atoms with Crippen molar-refractivity contribution in [2.75, 3.05) is 12.4 Å². The van der Waals surface area contributed by atoms with Gasteiger partial charge in [-0.3, -0.25) is 0 Å². The van der Waals surface area contributed by atoms with Gasteiger partial charge in [-0.05, 0) is 18.2 Å². The quantitative estimate of drug-likeness (QED) is 0.293. The Morgan fingerprint density at radius 3 is 2.73 bits per heavy atom. The number of nitrogens with two attached hydrogens (primary N) is 1. The molecule has 0 amide bonds. The van der Waals surface area contributed by atoms with Crippen molar-refractivity contribution in [2.45, 2.75) is 6.54 Å². The van der Waals surface area contributed by atoms with Crippen molar-refractivity contribution in [1.29, 1.82) is 0 Å². The van der Waals surface area contributed by atoms with Crippen LogP contribution in [0.15, 0.2) is 58.9 Å². The van der Waals surface area contributed by atoms with Crippen LogP contribution in [0.2, 0.25) is 5.02 Å². The first-order chi connectivity index (χ1) is 12.2. The Morgan fingerprint density at radius 2 is 2.04 bits per heavy atom. The molecule has 0 saturated heterocycles. The minimum Gasteiger partial charge on any atom is -0.495 e. The summed E-state index contributed by atoms with van der Waals surface area (Å²) in [5.74, 6) is 0.914. The minimum absolute atomic E-state index is 0. The smallest absolute Gasteiger partial charge is 0.193 e. The van der Waals surface area contributed by atoms with Crippen molar-refractivity contribution in [3.63, 3.8) is 0 Å². The van der Waals surface area contributed by atoms with Crippen molar-refractivity contribution in [1.82, 2.24) is 4.98 Å². The fraction of sp³-hybridized carbons (Fsp3) is 0.111. The molecule has 8 heteroatoms. The molecule has 1 heterocycles. The Kier molecular flexibility index (Phi) is 7.67. The predicted octanol–water partition coefficient (Wildman–Crippen LogP) is 5.02. The van der Waals surface area contributed by atoms with Gasteiger partial charge in [0.15, 0.2) is 5.96 Å². The van der Waals surface area contributed by atoms with Gasteiger partial charge in [0.25, 0.3) is 0 Å². The van der Waals surface area contributed by atoms with Crippen molar-refractivity contribution in [3.8, 4) is 17.0 Å². The molecule has 3 aromatic rings. The lowest BCUT2D eigenvalue weighted by molar-refractivity contribution is 0.415. The van der Waals surface area contributed by atoms with Crippen molar-refractivity contribution in [2.24, 2.45) is 10.7 Å². The van der Waals surface area contributed by atoms with Gasteiger partial charge < -0.3 is 15.8 Å². The SMILES string of the molecule is COc1ccc(NC(N)=NCc2nc(-c3ccccc3)cs2)cc1Cl.I. The molecule has 0 radical (unpaired) electrons. The van der Waals surface area contributed by atoms with E-state index in [4.69, 9.17) is 22.1 Å². The second-order valence-corrected chi connectivity index (χ2v) is 6.52. The number of nitrogens with one attached hydrogen (secondary N) is 1. The Morgan fingerprint density at radius 1 is 1.27 bits per heavy atom. The molecule has 0 saturated carbocycles. The van der Waals surface area contributed by atoms with Crippen LogP contribution in [0.3, 0.4) is 0 Å². The molecule has 0 fully saturated rings. The van der Waals surface area contributed by atoms with Crippen LogP contribution in [-0.4, -0.2) is 18.1 Å². The first-order valence-electron chi connectivity index (χ1n) is 7.56. The van der Waals surface area contributed by atoms with Crippen LogP contribution in [0, 0.1) is 0 Å². The summed E-state index contributed by atoms with van der Waals surface area (Å²) in [6.07, 6.45) is 0. The maximum Gasteiger partial charge on any atom is 0.193 e. The van der Waals surface area contributed by atoms with E-state index in [0.29, 0.717) is 23.3 Å². The van der Waals surface area contributed by atoms with Crippen LogP contribution in [0.5, 0.6) is 5.75 Å². The van der Waals surface area contributed by atoms with Gasteiger partial charge >= 0.3 is 0 Å². The number of guanidine groups is 1. The van der Waals surface area contributed by atoms with E-state index in [9.17, 15) is 0 Å². The molecule has 1 aromatic heterocycles. The van der Waals surface area contributed by atoms with Gasteiger partial charge in [0.05, 0.1) is 24.4 Å².